The number of fused-ring (bicyclic) bond motifs is 1. The van der Waals surface area contributed by atoms with Gasteiger partial charge in [0, 0.05) is 23.4 Å². The average molecular weight is 414 g/mol. The van der Waals surface area contributed by atoms with Crippen molar-refractivity contribution in [1.29, 1.82) is 0 Å². The van der Waals surface area contributed by atoms with Crippen LogP contribution >= 0.6 is 11.6 Å². The maximum absolute atomic E-state index is 12.2. The van der Waals surface area contributed by atoms with Crippen molar-refractivity contribution in [1.82, 2.24) is 5.32 Å². The number of amides is 1. The molecule has 0 aliphatic rings. The van der Waals surface area contributed by atoms with E-state index in [0.717, 1.165) is 5.56 Å². The van der Waals surface area contributed by atoms with Gasteiger partial charge in [-0.25, -0.2) is 4.79 Å². The zero-order valence-electron chi connectivity index (χ0n) is 15.7. The minimum absolute atomic E-state index is 0.0522. The van der Waals surface area contributed by atoms with Crippen LogP contribution in [0.4, 0.5) is 0 Å². The number of carbonyl (C=O) groups excluding carboxylic acids is 2. The average Bonchev–Trinajstić information content (AvgIpc) is 2.72. The summed E-state index contributed by atoms with van der Waals surface area (Å²) < 4.78 is 10.3. The highest BCUT2D eigenvalue weighted by Gasteiger charge is 2.13. The Labute approximate surface area is 172 Å². The first-order valence-electron chi connectivity index (χ1n) is 9.24. The van der Waals surface area contributed by atoms with Gasteiger partial charge >= 0.3 is 11.6 Å². The van der Waals surface area contributed by atoms with Gasteiger partial charge in [-0.2, -0.15) is 0 Å². The Morgan fingerprint density at radius 3 is 2.62 bits per heavy atom. The quantitative estimate of drug-likeness (QED) is 0.345. The van der Waals surface area contributed by atoms with Gasteiger partial charge in [-0.05, 0) is 42.7 Å². The lowest BCUT2D eigenvalue weighted by atomic mass is 10.1. The number of halogens is 1. The van der Waals surface area contributed by atoms with Crippen molar-refractivity contribution < 1.29 is 18.7 Å². The number of esters is 1. The topological polar surface area (TPSA) is 85.6 Å². The van der Waals surface area contributed by atoms with Crippen molar-refractivity contribution in [2.45, 2.75) is 19.3 Å². The van der Waals surface area contributed by atoms with Gasteiger partial charge in [-0.15, -0.1) is 0 Å². The summed E-state index contributed by atoms with van der Waals surface area (Å²) in [4.78, 5) is 35.9. The first-order valence-corrected chi connectivity index (χ1v) is 9.62. The van der Waals surface area contributed by atoms with E-state index in [4.69, 9.17) is 20.8 Å². The summed E-state index contributed by atoms with van der Waals surface area (Å²) in [5.41, 5.74) is 0.700. The Morgan fingerprint density at radius 1 is 1.07 bits per heavy atom. The van der Waals surface area contributed by atoms with Gasteiger partial charge in [0.1, 0.15) is 11.1 Å². The molecule has 1 heterocycles. The highest BCUT2D eigenvalue weighted by Crippen LogP contribution is 2.13. The van der Waals surface area contributed by atoms with E-state index in [1.54, 1.807) is 36.4 Å². The third-order valence-electron chi connectivity index (χ3n) is 4.29. The minimum atomic E-state index is -0.685. The van der Waals surface area contributed by atoms with Crippen molar-refractivity contribution in [3.05, 3.63) is 81.2 Å². The lowest BCUT2D eigenvalue weighted by Crippen LogP contribution is -2.29. The molecular formula is C22H20ClNO5. The largest absolute Gasteiger partial charge is 0.466 e. The van der Waals surface area contributed by atoms with E-state index in [1.807, 2.05) is 12.1 Å². The summed E-state index contributed by atoms with van der Waals surface area (Å²) in [5, 5.41) is 3.96. The van der Waals surface area contributed by atoms with Gasteiger partial charge in [0.05, 0.1) is 6.61 Å². The molecule has 0 unspecified atom stereocenters. The number of aryl methyl sites for hydroxylation is 1. The highest BCUT2D eigenvalue weighted by atomic mass is 35.5. The summed E-state index contributed by atoms with van der Waals surface area (Å²) in [6.07, 6.45) is 1.29. The molecule has 29 heavy (non-hydrogen) atoms. The van der Waals surface area contributed by atoms with Crippen molar-refractivity contribution in [2.75, 3.05) is 13.2 Å². The molecule has 0 atom stereocenters. The van der Waals surface area contributed by atoms with Crippen molar-refractivity contribution in [2.24, 2.45) is 0 Å². The molecule has 150 valence electrons. The molecule has 1 N–H and O–H groups in total. The Kier molecular flexibility index (Phi) is 7.03. The van der Waals surface area contributed by atoms with E-state index in [2.05, 4.69) is 5.32 Å². The number of nitrogens with one attached hydrogen (secondary N) is 1. The van der Waals surface area contributed by atoms with Crippen molar-refractivity contribution in [3.8, 4) is 0 Å². The molecule has 0 radical (unpaired) electrons. The summed E-state index contributed by atoms with van der Waals surface area (Å²) >= 11 is 5.82. The zero-order chi connectivity index (χ0) is 20.6. The molecule has 7 heteroatoms. The van der Waals surface area contributed by atoms with Gasteiger partial charge in [-0.1, -0.05) is 41.9 Å². The van der Waals surface area contributed by atoms with Gasteiger partial charge < -0.3 is 14.5 Å². The number of ether oxygens (including phenoxy) is 1. The molecule has 3 rings (SSSR count). The van der Waals surface area contributed by atoms with Crippen molar-refractivity contribution >= 4 is 34.4 Å². The first kappa shape index (κ1) is 20.6. The lowest BCUT2D eigenvalue weighted by molar-refractivity contribution is -0.143. The SMILES string of the molecule is O=C(CCc1ccc(Cl)cc1)OCCCNC(=O)c1cc2ccccc2oc1=O. The fourth-order valence-corrected chi connectivity index (χ4v) is 2.87. The zero-order valence-corrected chi connectivity index (χ0v) is 16.4. The standard InChI is InChI=1S/C22H20ClNO5/c23-17-9-6-15(7-10-17)8-11-20(25)28-13-3-12-24-21(26)18-14-16-4-1-2-5-19(16)29-22(18)27/h1-2,4-7,9-10,14H,3,8,11-13H2,(H,24,26). The summed E-state index contributed by atoms with van der Waals surface area (Å²) in [5.74, 6) is -0.819. The number of carbonyl (C=O) groups is 2. The molecule has 0 saturated heterocycles. The van der Waals surface area contributed by atoms with Crippen LogP contribution in [0.25, 0.3) is 11.0 Å². The number of rotatable bonds is 8. The van der Waals surface area contributed by atoms with Crippen LogP contribution in [0.15, 0.2) is 63.8 Å². The molecule has 0 aliphatic carbocycles. The molecule has 0 saturated carbocycles. The van der Waals surface area contributed by atoms with Crippen LogP contribution in [0.1, 0.15) is 28.8 Å². The van der Waals surface area contributed by atoms with Gasteiger partial charge in [0.2, 0.25) is 0 Å². The van der Waals surface area contributed by atoms with Crippen molar-refractivity contribution in [3.63, 3.8) is 0 Å². The highest BCUT2D eigenvalue weighted by molar-refractivity contribution is 6.30. The molecular weight excluding hydrogens is 394 g/mol. The monoisotopic (exact) mass is 413 g/mol. The molecule has 0 bridgehead atoms. The number of hydrogen-bond acceptors (Lipinski definition) is 5. The Morgan fingerprint density at radius 2 is 1.83 bits per heavy atom. The van der Waals surface area contributed by atoms with Crippen LogP contribution in [0.5, 0.6) is 0 Å². The smallest absolute Gasteiger partial charge is 0.349 e. The predicted molar refractivity (Wildman–Crippen MR) is 110 cm³/mol. The summed E-state index contributed by atoms with van der Waals surface area (Å²) in [6, 6.07) is 15.8. The van der Waals surface area contributed by atoms with Crippen LogP contribution in [-0.4, -0.2) is 25.0 Å². The van der Waals surface area contributed by atoms with Crippen LogP contribution < -0.4 is 10.9 Å². The molecule has 1 amide bonds. The maximum Gasteiger partial charge on any atom is 0.349 e. The van der Waals surface area contributed by atoms with E-state index in [0.29, 0.717) is 28.8 Å². The van der Waals surface area contributed by atoms with E-state index >= 15 is 0 Å². The summed E-state index contributed by atoms with van der Waals surface area (Å²) in [6.45, 7) is 0.460. The molecule has 0 aliphatic heterocycles. The molecule has 3 aromatic rings. The van der Waals surface area contributed by atoms with E-state index < -0.39 is 11.5 Å². The third-order valence-corrected chi connectivity index (χ3v) is 4.54. The van der Waals surface area contributed by atoms with Gasteiger partial charge in [0.15, 0.2) is 0 Å². The fourth-order valence-electron chi connectivity index (χ4n) is 2.75. The second kappa shape index (κ2) is 9.89. The second-order valence-electron chi connectivity index (χ2n) is 6.44. The number of benzene rings is 2. The summed E-state index contributed by atoms with van der Waals surface area (Å²) in [7, 11) is 0. The number of hydrogen-bond donors (Lipinski definition) is 1. The van der Waals surface area contributed by atoms with Gasteiger partial charge in [-0.3, -0.25) is 9.59 Å². The Balaban J connectivity index is 1.38. The normalized spacial score (nSPS) is 10.7. The lowest BCUT2D eigenvalue weighted by Gasteiger charge is -2.07. The van der Waals surface area contributed by atoms with Crippen LogP contribution in [0.3, 0.4) is 0 Å². The Bertz CT molecular complexity index is 1060. The van der Waals surface area contributed by atoms with Gasteiger partial charge in [0.25, 0.3) is 5.91 Å². The van der Waals surface area contributed by atoms with E-state index in [1.165, 1.54) is 6.07 Å². The van der Waals surface area contributed by atoms with Crippen LogP contribution in [-0.2, 0) is 16.0 Å². The van der Waals surface area contributed by atoms with Crippen LogP contribution in [0.2, 0.25) is 5.02 Å². The second-order valence-corrected chi connectivity index (χ2v) is 6.88. The molecule has 0 fully saturated rings. The van der Waals surface area contributed by atoms with E-state index in [-0.39, 0.29) is 31.1 Å². The molecule has 0 spiro atoms. The van der Waals surface area contributed by atoms with Crippen LogP contribution in [0, 0.1) is 0 Å². The predicted octanol–water partition coefficient (Wildman–Crippen LogP) is 3.74. The molecule has 2 aromatic carbocycles. The molecule has 1 aromatic heterocycles. The van der Waals surface area contributed by atoms with E-state index in [9.17, 15) is 14.4 Å². The maximum atomic E-state index is 12.2. The fraction of sp³-hybridized carbons (Fsp3) is 0.227. The number of para-hydroxylation sites is 1. The Hall–Kier alpha value is -3.12. The third kappa shape index (κ3) is 5.93. The molecule has 6 nitrogen and oxygen atoms in total. The minimum Gasteiger partial charge on any atom is -0.466 e. The first-order chi connectivity index (χ1) is 14.0.